The summed E-state index contributed by atoms with van der Waals surface area (Å²) in [6, 6.07) is 23.7. The van der Waals surface area contributed by atoms with Crippen LogP contribution in [0.4, 0.5) is 17.2 Å². The second-order valence-electron chi connectivity index (χ2n) is 15.9. The first-order chi connectivity index (χ1) is 27.8. The highest BCUT2D eigenvalue weighted by atomic mass is 35.5. The number of phenols is 1. The number of nitro groups is 1. The third-order valence-electron chi connectivity index (χ3n) is 13.0. The van der Waals surface area contributed by atoms with Crippen molar-refractivity contribution in [1.82, 2.24) is 9.78 Å². The molecule has 14 heteroatoms. The molecule has 0 unspecified atom stereocenters. The number of amides is 4. The number of aryl methyl sites for hydroxylation is 2. The van der Waals surface area contributed by atoms with Crippen LogP contribution in [0, 0.1) is 46.1 Å². The van der Waals surface area contributed by atoms with E-state index < -0.39 is 63.6 Å². The molecule has 2 aliphatic carbocycles. The van der Waals surface area contributed by atoms with Crippen molar-refractivity contribution in [3.05, 3.63) is 123 Å². The number of phenolic OH excluding ortho intramolecular Hbond substituents is 1. The van der Waals surface area contributed by atoms with Gasteiger partial charge in [-0.25, -0.2) is 4.90 Å². The molecule has 2 aliphatic heterocycles. The Balaban J connectivity index is 1.11. The number of carbonyl (C=O) groups is 4. The predicted molar refractivity (Wildman–Crippen MR) is 220 cm³/mol. The molecule has 6 aromatic rings. The zero-order chi connectivity index (χ0) is 40.5. The normalized spacial score (nSPS) is 25.4. The van der Waals surface area contributed by atoms with E-state index in [-0.39, 0.29) is 30.0 Å². The maximum atomic E-state index is 15.3. The highest BCUT2D eigenvalue weighted by Crippen LogP contribution is 2.65. The van der Waals surface area contributed by atoms with Gasteiger partial charge in [-0.15, -0.1) is 11.3 Å². The molecule has 6 atom stereocenters. The molecule has 1 N–H and O–H groups in total. The fourth-order valence-corrected chi connectivity index (χ4v) is 11.6. The van der Waals surface area contributed by atoms with E-state index in [2.05, 4.69) is 0 Å². The van der Waals surface area contributed by atoms with Crippen LogP contribution < -0.4 is 9.80 Å². The van der Waals surface area contributed by atoms with Gasteiger partial charge < -0.3 is 5.11 Å². The van der Waals surface area contributed by atoms with Gasteiger partial charge >= 0.3 is 0 Å². The number of anilines is 2. The zero-order valence-corrected chi connectivity index (χ0v) is 33.0. The summed E-state index contributed by atoms with van der Waals surface area (Å²) in [6.45, 7) is 3.78. The largest absolute Gasteiger partial charge is 0.508 e. The molecular formula is C44H34ClN5O7S. The molecule has 12 nitrogen and oxygen atoms in total. The zero-order valence-electron chi connectivity index (χ0n) is 31.4. The van der Waals surface area contributed by atoms with Gasteiger partial charge in [-0.1, -0.05) is 53.6 Å². The number of aromatic nitrogens is 2. The average Bonchev–Trinajstić information content (AvgIpc) is 3.88. The van der Waals surface area contributed by atoms with Crippen LogP contribution in [-0.4, -0.2) is 43.4 Å². The number of nitro benzene ring substituents is 1. The Morgan fingerprint density at radius 1 is 0.914 bits per heavy atom. The van der Waals surface area contributed by atoms with Crippen LogP contribution >= 0.6 is 22.9 Å². The first kappa shape index (κ1) is 36.2. The maximum absolute atomic E-state index is 15.3. The lowest BCUT2D eigenvalue weighted by atomic mass is 9.51. The number of hydrogen-bond acceptors (Lipinski definition) is 9. The highest BCUT2D eigenvalue weighted by Gasteiger charge is 2.68. The van der Waals surface area contributed by atoms with Gasteiger partial charge in [-0.3, -0.25) is 38.9 Å². The number of non-ortho nitro benzene ring substituents is 1. The lowest BCUT2D eigenvalue weighted by Crippen LogP contribution is -2.49. The summed E-state index contributed by atoms with van der Waals surface area (Å²) in [7, 11) is 1.69. The summed E-state index contributed by atoms with van der Waals surface area (Å²) in [4.78, 5) is 73.1. The Hall–Kier alpha value is -6.18. The minimum Gasteiger partial charge on any atom is -0.508 e. The van der Waals surface area contributed by atoms with Gasteiger partial charge in [0.15, 0.2) is 0 Å². The van der Waals surface area contributed by atoms with Gasteiger partial charge in [-0.2, -0.15) is 5.10 Å². The number of aromatic hydroxyl groups is 1. The van der Waals surface area contributed by atoms with Crippen molar-refractivity contribution in [3.63, 3.8) is 0 Å². The van der Waals surface area contributed by atoms with Crippen molar-refractivity contribution in [1.29, 1.82) is 0 Å². The number of rotatable bonds is 5. The Bertz CT molecular complexity index is 2880. The predicted octanol–water partition coefficient (Wildman–Crippen LogP) is 8.47. The lowest BCUT2D eigenvalue weighted by molar-refractivity contribution is -0.384. The summed E-state index contributed by atoms with van der Waals surface area (Å²) >= 11 is 7.87. The first-order valence-corrected chi connectivity index (χ1v) is 20.1. The number of imide groups is 2. The molecular weight excluding hydrogens is 778 g/mol. The molecule has 2 aromatic heterocycles. The maximum Gasteiger partial charge on any atom is 0.269 e. The molecule has 58 heavy (non-hydrogen) atoms. The SMILES string of the molecule is Cc1c(-c2cc(N3C(=O)[C@@H]4C[C@@H]5C(=CC[C@@H]6C(=O)N(c7ccc([N+](=O)[O-])cc7)C(=O)[C@@H]65)[C@H](c5c(O)ccc6ccccc56)[C@]4(C)C3=O)n(C)n2)sc2ccc(Cl)cc12. The van der Waals surface area contributed by atoms with E-state index in [1.54, 1.807) is 43.5 Å². The van der Waals surface area contributed by atoms with E-state index in [9.17, 15) is 24.8 Å². The fraction of sp³-hybridized carbons (Fsp3) is 0.250. The quantitative estimate of drug-likeness (QED) is 0.0787. The van der Waals surface area contributed by atoms with Gasteiger partial charge in [-0.05, 0) is 90.7 Å². The Kier molecular flexibility index (Phi) is 7.90. The summed E-state index contributed by atoms with van der Waals surface area (Å²) in [6.07, 6.45) is 2.24. The number of allylic oxidation sites excluding steroid dienone is 2. The van der Waals surface area contributed by atoms with E-state index in [0.29, 0.717) is 27.5 Å². The van der Waals surface area contributed by atoms with Crippen LogP contribution in [0.15, 0.2) is 96.6 Å². The monoisotopic (exact) mass is 811 g/mol. The minimum atomic E-state index is -1.41. The molecule has 0 bridgehead atoms. The number of halogens is 1. The second kappa shape index (κ2) is 12.7. The molecule has 1 saturated carbocycles. The van der Waals surface area contributed by atoms with Crippen LogP contribution in [0.5, 0.6) is 5.75 Å². The van der Waals surface area contributed by atoms with Gasteiger partial charge in [0.2, 0.25) is 23.6 Å². The van der Waals surface area contributed by atoms with Crippen molar-refractivity contribution < 1.29 is 29.2 Å². The van der Waals surface area contributed by atoms with Crippen LogP contribution in [-0.2, 0) is 26.2 Å². The van der Waals surface area contributed by atoms with Gasteiger partial charge in [0.25, 0.3) is 5.69 Å². The Labute approximate surface area is 340 Å². The molecule has 10 rings (SSSR count). The second-order valence-corrected chi connectivity index (χ2v) is 17.4. The van der Waals surface area contributed by atoms with E-state index in [1.165, 1.54) is 33.8 Å². The van der Waals surface area contributed by atoms with E-state index >= 15 is 9.59 Å². The fourth-order valence-electron chi connectivity index (χ4n) is 10.3. The van der Waals surface area contributed by atoms with Crippen LogP contribution in [0.25, 0.3) is 31.4 Å². The number of thiophene rings is 1. The van der Waals surface area contributed by atoms with Crippen molar-refractivity contribution in [2.45, 2.75) is 32.6 Å². The molecule has 0 radical (unpaired) electrons. The average molecular weight is 812 g/mol. The van der Waals surface area contributed by atoms with Gasteiger partial charge in [0, 0.05) is 46.5 Å². The van der Waals surface area contributed by atoms with Crippen molar-refractivity contribution in [2.24, 2.45) is 36.1 Å². The molecule has 4 amide bonds. The number of hydrogen-bond donors (Lipinski definition) is 1. The summed E-state index contributed by atoms with van der Waals surface area (Å²) < 4.78 is 2.56. The van der Waals surface area contributed by atoms with Crippen molar-refractivity contribution in [2.75, 3.05) is 9.80 Å². The molecule has 2 saturated heterocycles. The topological polar surface area (TPSA) is 156 Å². The highest BCUT2D eigenvalue weighted by molar-refractivity contribution is 7.22. The summed E-state index contributed by atoms with van der Waals surface area (Å²) in [5.41, 5.74) is 1.42. The molecule has 4 aliphatic rings. The lowest BCUT2D eigenvalue weighted by Gasteiger charge is -2.49. The van der Waals surface area contributed by atoms with Crippen molar-refractivity contribution in [3.8, 4) is 16.3 Å². The van der Waals surface area contributed by atoms with Crippen LogP contribution in [0.2, 0.25) is 5.02 Å². The number of fused-ring (bicyclic) bond motifs is 6. The molecule has 290 valence electrons. The van der Waals surface area contributed by atoms with Gasteiger partial charge in [0.05, 0.1) is 38.7 Å². The van der Waals surface area contributed by atoms with Crippen LogP contribution in [0.1, 0.15) is 36.8 Å². The van der Waals surface area contributed by atoms with E-state index in [4.69, 9.17) is 16.7 Å². The summed E-state index contributed by atoms with van der Waals surface area (Å²) in [5.74, 6) is -5.56. The Morgan fingerprint density at radius 3 is 2.43 bits per heavy atom. The molecule has 4 heterocycles. The molecule has 0 spiro atoms. The standard InChI is InChI=1S/C44H34ClN5O7S/c1-21-29-18-23(45)9-17-34(29)58-39(21)32-20-35(47(3)46-32)49-41(53)31-19-30-27(38(44(31,2)43(49)55)37-26-7-5-4-6-22(26)8-16-33(37)51)14-15-28-36(30)42(54)48(40(28)52)24-10-12-25(13-11-24)50(56)57/h4-14,16-18,20,28,30-31,36,38,51H,15,19H2,1-3H3/t28-,30+,31-,36-,38+,44+/m0/s1. The number of carbonyl (C=O) groups excluding carboxylic acids is 4. The third kappa shape index (κ3) is 4.89. The van der Waals surface area contributed by atoms with E-state index in [0.717, 1.165) is 36.4 Å². The van der Waals surface area contributed by atoms with Gasteiger partial charge in [0.1, 0.15) is 17.3 Å². The van der Waals surface area contributed by atoms with E-state index in [1.807, 2.05) is 55.5 Å². The summed E-state index contributed by atoms with van der Waals surface area (Å²) in [5, 5.41) is 31.1. The van der Waals surface area contributed by atoms with Crippen LogP contribution in [0.3, 0.4) is 0 Å². The third-order valence-corrected chi connectivity index (χ3v) is 14.6. The van der Waals surface area contributed by atoms with Crippen molar-refractivity contribution >= 4 is 84.6 Å². The molecule has 4 aromatic carbocycles. The Morgan fingerprint density at radius 2 is 1.67 bits per heavy atom. The smallest absolute Gasteiger partial charge is 0.269 e. The first-order valence-electron chi connectivity index (χ1n) is 18.9. The number of nitrogens with zero attached hydrogens (tertiary/aromatic N) is 5. The number of benzene rings is 4. The molecule has 3 fully saturated rings. The minimum absolute atomic E-state index is 0.0458.